The van der Waals surface area contributed by atoms with Crippen LogP contribution in [0.25, 0.3) is 0 Å². The van der Waals surface area contributed by atoms with Gasteiger partial charge in [0.2, 0.25) is 5.91 Å². The van der Waals surface area contributed by atoms with Gasteiger partial charge in [-0.2, -0.15) is 0 Å². The maximum absolute atomic E-state index is 12.0. The number of nitrogens with zero attached hydrogens (tertiary/aromatic N) is 1. The highest BCUT2D eigenvalue weighted by molar-refractivity contribution is 5.75. The predicted octanol–water partition coefficient (Wildman–Crippen LogP) is 3.62. The number of hydrogen-bond donors (Lipinski definition) is 0. The van der Waals surface area contributed by atoms with E-state index in [0.29, 0.717) is 6.42 Å². The first-order valence-electron chi connectivity index (χ1n) is 7.03. The van der Waals surface area contributed by atoms with E-state index in [-0.39, 0.29) is 5.91 Å². The minimum absolute atomic E-state index is 0.283. The minimum Gasteiger partial charge on any atom is -0.341 e. The van der Waals surface area contributed by atoms with Crippen molar-refractivity contribution in [2.75, 3.05) is 7.05 Å². The van der Waals surface area contributed by atoms with E-state index < -0.39 is 0 Å². The smallest absolute Gasteiger partial charge is 0.222 e. The molecule has 1 aliphatic rings. The number of amides is 1. The molecule has 1 aliphatic carbocycles. The van der Waals surface area contributed by atoms with E-state index in [1.807, 2.05) is 30.1 Å². The van der Waals surface area contributed by atoms with Crippen molar-refractivity contribution in [2.45, 2.75) is 45.1 Å². The fraction of sp³-hybridized carbons (Fsp3) is 0.562. The van der Waals surface area contributed by atoms with Crippen molar-refractivity contribution in [2.24, 2.45) is 5.92 Å². The number of benzene rings is 1. The molecule has 1 fully saturated rings. The van der Waals surface area contributed by atoms with Gasteiger partial charge in [-0.1, -0.05) is 56.0 Å². The second-order valence-electron chi connectivity index (χ2n) is 5.42. The summed E-state index contributed by atoms with van der Waals surface area (Å²) < 4.78 is 0. The van der Waals surface area contributed by atoms with Crippen LogP contribution >= 0.6 is 0 Å². The van der Waals surface area contributed by atoms with Gasteiger partial charge in [0, 0.05) is 20.0 Å². The first kappa shape index (κ1) is 13.1. The van der Waals surface area contributed by atoms with E-state index in [4.69, 9.17) is 0 Å². The van der Waals surface area contributed by atoms with Gasteiger partial charge in [-0.15, -0.1) is 0 Å². The number of carbonyl (C=O) groups is 1. The third-order valence-electron chi connectivity index (χ3n) is 3.93. The summed E-state index contributed by atoms with van der Waals surface area (Å²) in [6, 6.07) is 10.2. The summed E-state index contributed by atoms with van der Waals surface area (Å²) in [5, 5.41) is 0. The van der Waals surface area contributed by atoms with E-state index in [1.54, 1.807) is 0 Å². The Kier molecular flexibility index (Phi) is 4.80. The molecule has 98 valence electrons. The quantitative estimate of drug-likeness (QED) is 0.776. The van der Waals surface area contributed by atoms with Crippen LogP contribution in [0.5, 0.6) is 0 Å². The van der Waals surface area contributed by atoms with E-state index in [9.17, 15) is 4.79 Å². The third-order valence-corrected chi connectivity index (χ3v) is 3.93. The zero-order chi connectivity index (χ0) is 12.8. The van der Waals surface area contributed by atoms with Gasteiger partial charge in [0.05, 0.1) is 0 Å². The molecule has 0 atom stereocenters. The highest BCUT2D eigenvalue weighted by Crippen LogP contribution is 2.28. The normalized spacial score (nSPS) is 15.8. The molecule has 1 aromatic carbocycles. The lowest BCUT2D eigenvalue weighted by molar-refractivity contribution is -0.130. The van der Waals surface area contributed by atoms with Gasteiger partial charge in [0.25, 0.3) is 0 Å². The third kappa shape index (κ3) is 3.86. The molecule has 0 spiro atoms. The highest BCUT2D eigenvalue weighted by atomic mass is 16.2. The molecule has 1 amide bonds. The average molecular weight is 245 g/mol. The molecule has 18 heavy (non-hydrogen) atoms. The van der Waals surface area contributed by atoms with Crippen molar-refractivity contribution in [3.8, 4) is 0 Å². The van der Waals surface area contributed by atoms with Gasteiger partial charge in [-0.05, 0) is 17.9 Å². The SMILES string of the molecule is CN(Cc1ccccc1)C(=O)CCC1CCCC1. The standard InChI is InChI=1S/C16H23NO/c1-17(13-15-9-3-2-4-10-15)16(18)12-11-14-7-5-6-8-14/h2-4,9-10,14H,5-8,11-13H2,1H3. The first-order chi connectivity index (χ1) is 8.75. The van der Waals surface area contributed by atoms with Crippen molar-refractivity contribution >= 4 is 5.91 Å². The zero-order valence-electron chi connectivity index (χ0n) is 11.3. The van der Waals surface area contributed by atoms with Gasteiger partial charge < -0.3 is 4.90 Å². The Balaban J connectivity index is 1.74. The minimum atomic E-state index is 0.283. The largest absolute Gasteiger partial charge is 0.341 e. The van der Waals surface area contributed by atoms with Crippen molar-refractivity contribution in [3.05, 3.63) is 35.9 Å². The van der Waals surface area contributed by atoms with Crippen LogP contribution in [0.1, 0.15) is 44.1 Å². The molecular formula is C16H23NO. The van der Waals surface area contributed by atoms with E-state index in [2.05, 4.69) is 12.1 Å². The van der Waals surface area contributed by atoms with Crippen molar-refractivity contribution in [1.82, 2.24) is 4.90 Å². The molecule has 1 saturated carbocycles. The molecule has 2 rings (SSSR count). The number of carbonyl (C=O) groups excluding carboxylic acids is 1. The van der Waals surface area contributed by atoms with Gasteiger partial charge >= 0.3 is 0 Å². The molecule has 0 bridgehead atoms. The molecule has 0 radical (unpaired) electrons. The lowest BCUT2D eigenvalue weighted by atomic mass is 10.0. The van der Waals surface area contributed by atoms with Crippen LogP contribution in [0.3, 0.4) is 0 Å². The van der Waals surface area contributed by atoms with Crippen LogP contribution in [-0.2, 0) is 11.3 Å². The Bertz CT molecular complexity index is 368. The Morgan fingerprint density at radius 3 is 2.56 bits per heavy atom. The summed E-state index contributed by atoms with van der Waals surface area (Å²) >= 11 is 0. The summed E-state index contributed by atoms with van der Waals surface area (Å²) in [6.07, 6.45) is 7.18. The monoisotopic (exact) mass is 245 g/mol. The second kappa shape index (κ2) is 6.58. The van der Waals surface area contributed by atoms with Gasteiger partial charge in [-0.25, -0.2) is 0 Å². The van der Waals surface area contributed by atoms with Crippen molar-refractivity contribution in [1.29, 1.82) is 0 Å². The molecule has 0 aromatic heterocycles. The number of hydrogen-bond acceptors (Lipinski definition) is 1. The van der Waals surface area contributed by atoms with Gasteiger partial charge in [0.1, 0.15) is 0 Å². The number of rotatable bonds is 5. The summed E-state index contributed by atoms with van der Waals surface area (Å²) in [7, 11) is 1.91. The average Bonchev–Trinajstić information content (AvgIpc) is 2.90. The summed E-state index contributed by atoms with van der Waals surface area (Å²) in [6.45, 7) is 0.727. The summed E-state index contributed by atoms with van der Waals surface area (Å²) in [5.74, 6) is 1.09. The molecule has 0 saturated heterocycles. The lowest BCUT2D eigenvalue weighted by Gasteiger charge is -2.18. The fourth-order valence-corrected chi connectivity index (χ4v) is 2.76. The summed E-state index contributed by atoms with van der Waals surface area (Å²) in [4.78, 5) is 13.9. The van der Waals surface area contributed by atoms with E-state index in [0.717, 1.165) is 18.9 Å². The molecular weight excluding hydrogens is 222 g/mol. The lowest BCUT2D eigenvalue weighted by Crippen LogP contribution is -2.26. The van der Waals surface area contributed by atoms with Crippen molar-refractivity contribution < 1.29 is 4.79 Å². The van der Waals surface area contributed by atoms with Crippen LogP contribution in [0.2, 0.25) is 0 Å². The van der Waals surface area contributed by atoms with E-state index >= 15 is 0 Å². The maximum Gasteiger partial charge on any atom is 0.222 e. The van der Waals surface area contributed by atoms with Crippen LogP contribution in [0.4, 0.5) is 0 Å². The Labute approximate surface area is 110 Å². The molecule has 2 heteroatoms. The molecule has 1 aromatic rings. The summed E-state index contributed by atoms with van der Waals surface area (Å²) in [5.41, 5.74) is 1.20. The molecule has 0 aliphatic heterocycles. The first-order valence-corrected chi connectivity index (χ1v) is 7.03. The molecule has 2 nitrogen and oxygen atoms in total. The Morgan fingerprint density at radius 2 is 1.89 bits per heavy atom. The van der Waals surface area contributed by atoms with Crippen molar-refractivity contribution in [3.63, 3.8) is 0 Å². The van der Waals surface area contributed by atoms with Gasteiger partial charge in [-0.3, -0.25) is 4.79 Å². The van der Waals surface area contributed by atoms with Crippen LogP contribution in [-0.4, -0.2) is 17.9 Å². The van der Waals surface area contributed by atoms with E-state index in [1.165, 1.54) is 31.2 Å². The fourth-order valence-electron chi connectivity index (χ4n) is 2.76. The molecule has 0 N–H and O–H groups in total. The molecule has 0 unspecified atom stereocenters. The van der Waals surface area contributed by atoms with Crippen LogP contribution in [0.15, 0.2) is 30.3 Å². The van der Waals surface area contributed by atoms with Crippen LogP contribution in [0, 0.1) is 5.92 Å². The second-order valence-corrected chi connectivity index (χ2v) is 5.42. The topological polar surface area (TPSA) is 20.3 Å². The molecule has 0 heterocycles. The van der Waals surface area contributed by atoms with Gasteiger partial charge in [0.15, 0.2) is 0 Å². The predicted molar refractivity (Wildman–Crippen MR) is 74.1 cm³/mol. The maximum atomic E-state index is 12.0. The Morgan fingerprint density at radius 1 is 1.22 bits per heavy atom. The highest BCUT2D eigenvalue weighted by Gasteiger charge is 2.17. The Hall–Kier alpha value is -1.31. The van der Waals surface area contributed by atoms with Crippen LogP contribution < -0.4 is 0 Å². The zero-order valence-corrected chi connectivity index (χ0v) is 11.3.